The summed E-state index contributed by atoms with van der Waals surface area (Å²) in [5, 5.41) is 0.412. The number of amides is 1. The number of hydrogen-bond acceptors (Lipinski definition) is 4. The van der Waals surface area contributed by atoms with Gasteiger partial charge in [-0.2, -0.15) is 0 Å². The van der Waals surface area contributed by atoms with Crippen LogP contribution in [0.25, 0.3) is 0 Å². The highest BCUT2D eigenvalue weighted by Gasteiger charge is 2.26. The molecule has 0 N–H and O–H groups in total. The van der Waals surface area contributed by atoms with Crippen molar-refractivity contribution in [2.45, 2.75) is 25.6 Å². The molecule has 7 heteroatoms. The fourth-order valence-electron chi connectivity index (χ4n) is 2.72. The van der Waals surface area contributed by atoms with Crippen LogP contribution in [0.3, 0.4) is 0 Å². The SMILES string of the molecule is COc1ccc(Cl)cc1CS(=O)(=O)CC(=O)N(c1ccccc1)C(C)C. The minimum atomic E-state index is -3.70. The molecule has 2 rings (SSSR count). The molecule has 26 heavy (non-hydrogen) atoms. The van der Waals surface area contributed by atoms with Crippen LogP contribution < -0.4 is 9.64 Å². The number of ether oxygens (including phenoxy) is 1. The van der Waals surface area contributed by atoms with Crippen LogP contribution in [0.4, 0.5) is 5.69 Å². The molecule has 0 bridgehead atoms. The van der Waals surface area contributed by atoms with Gasteiger partial charge in [0.05, 0.1) is 12.9 Å². The molecule has 0 aliphatic carbocycles. The highest BCUT2D eigenvalue weighted by atomic mass is 35.5. The lowest BCUT2D eigenvalue weighted by molar-refractivity contribution is -0.116. The Morgan fingerprint density at radius 3 is 2.38 bits per heavy atom. The van der Waals surface area contributed by atoms with E-state index in [1.807, 2.05) is 32.0 Å². The number of hydrogen-bond donors (Lipinski definition) is 0. The van der Waals surface area contributed by atoms with Gasteiger partial charge < -0.3 is 9.64 Å². The topological polar surface area (TPSA) is 63.7 Å². The summed E-state index contributed by atoms with van der Waals surface area (Å²) in [6, 6.07) is 13.6. The van der Waals surface area contributed by atoms with E-state index in [1.165, 1.54) is 12.0 Å². The Bertz CT molecular complexity index is 866. The first-order valence-corrected chi connectivity index (χ1v) is 10.3. The summed E-state index contributed by atoms with van der Waals surface area (Å²) in [4.78, 5) is 14.2. The van der Waals surface area contributed by atoms with E-state index >= 15 is 0 Å². The lowest BCUT2D eigenvalue weighted by atomic mass is 10.2. The summed E-state index contributed by atoms with van der Waals surface area (Å²) in [7, 11) is -2.24. The van der Waals surface area contributed by atoms with Crippen molar-refractivity contribution in [1.29, 1.82) is 0 Å². The molecule has 0 heterocycles. The van der Waals surface area contributed by atoms with Crippen LogP contribution >= 0.6 is 11.6 Å². The summed E-state index contributed by atoms with van der Waals surface area (Å²) in [6.07, 6.45) is 0. The fraction of sp³-hybridized carbons (Fsp3) is 0.316. The highest BCUT2D eigenvalue weighted by molar-refractivity contribution is 7.91. The van der Waals surface area contributed by atoms with Crippen molar-refractivity contribution in [2.24, 2.45) is 0 Å². The minimum Gasteiger partial charge on any atom is -0.496 e. The summed E-state index contributed by atoms with van der Waals surface area (Å²) >= 11 is 5.95. The molecule has 0 saturated heterocycles. The van der Waals surface area contributed by atoms with Gasteiger partial charge in [0.1, 0.15) is 11.5 Å². The highest BCUT2D eigenvalue weighted by Crippen LogP contribution is 2.25. The Hall–Kier alpha value is -2.05. The first kappa shape index (κ1) is 20.3. The normalized spacial score (nSPS) is 11.4. The predicted molar refractivity (Wildman–Crippen MR) is 105 cm³/mol. The van der Waals surface area contributed by atoms with Crippen molar-refractivity contribution in [3.63, 3.8) is 0 Å². The van der Waals surface area contributed by atoms with E-state index < -0.39 is 21.5 Å². The molecule has 0 unspecified atom stereocenters. The van der Waals surface area contributed by atoms with E-state index in [0.717, 1.165) is 0 Å². The van der Waals surface area contributed by atoms with Crippen molar-refractivity contribution in [1.82, 2.24) is 0 Å². The van der Waals surface area contributed by atoms with Crippen LogP contribution in [0.1, 0.15) is 19.4 Å². The van der Waals surface area contributed by atoms with Gasteiger partial charge in [-0.1, -0.05) is 29.8 Å². The monoisotopic (exact) mass is 395 g/mol. The van der Waals surface area contributed by atoms with E-state index in [1.54, 1.807) is 30.3 Å². The van der Waals surface area contributed by atoms with Crippen LogP contribution in [0.5, 0.6) is 5.75 Å². The summed E-state index contributed by atoms with van der Waals surface area (Å²) < 4.78 is 30.4. The number of methoxy groups -OCH3 is 1. The Labute approximate surface area is 159 Å². The van der Waals surface area contributed by atoms with Gasteiger partial charge >= 0.3 is 0 Å². The van der Waals surface area contributed by atoms with Crippen LogP contribution in [0.15, 0.2) is 48.5 Å². The van der Waals surface area contributed by atoms with E-state index in [2.05, 4.69) is 0 Å². The zero-order valence-electron chi connectivity index (χ0n) is 15.0. The van der Waals surface area contributed by atoms with Crippen molar-refractivity contribution >= 4 is 33.0 Å². The van der Waals surface area contributed by atoms with Gasteiger partial charge in [-0.05, 0) is 44.2 Å². The van der Waals surface area contributed by atoms with Gasteiger partial charge in [0.2, 0.25) is 5.91 Å². The Morgan fingerprint density at radius 1 is 1.15 bits per heavy atom. The molecule has 2 aromatic carbocycles. The fourth-order valence-corrected chi connectivity index (χ4v) is 4.24. The molecule has 0 radical (unpaired) electrons. The number of benzene rings is 2. The van der Waals surface area contributed by atoms with Crippen molar-refractivity contribution in [3.05, 3.63) is 59.1 Å². The van der Waals surface area contributed by atoms with E-state index in [0.29, 0.717) is 22.0 Å². The van der Waals surface area contributed by atoms with Crippen LogP contribution in [0, 0.1) is 0 Å². The van der Waals surface area contributed by atoms with Crippen LogP contribution in [-0.4, -0.2) is 33.2 Å². The molecular weight excluding hydrogens is 374 g/mol. The Kier molecular flexibility index (Phi) is 6.67. The lowest BCUT2D eigenvalue weighted by Crippen LogP contribution is -2.40. The second kappa shape index (κ2) is 8.56. The summed E-state index contributed by atoms with van der Waals surface area (Å²) in [5.41, 5.74) is 1.10. The third-order valence-electron chi connectivity index (χ3n) is 3.78. The largest absolute Gasteiger partial charge is 0.496 e. The molecule has 0 spiro atoms. The maximum absolute atomic E-state index is 12.7. The lowest BCUT2D eigenvalue weighted by Gasteiger charge is -2.27. The molecule has 0 saturated carbocycles. The van der Waals surface area contributed by atoms with E-state index in [9.17, 15) is 13.2 Å². The number of carbonyl (C=O) groups is 1. The maximum atomic E-state index is 12.7. The van der Waals surface area contributed by atoms with Gasteiger partial charge in [-0.15, -0.1) is 0 Å². The van der Waals surface area contributed by atoms with Crippen LogP contribution in [0.2, 0.25) is 5.02 Å². The molecule has 0 aromatic heterocycles. The quantitative estimate of drug-likeness (QED) is 0.717. The second-order valence-electron chi connectivity index (χ2n) is 6.18. The van der Waals surface area contributed by atoms with Gasteiger partial charge in [0.15, 0.2) is 9.84 Å². The number of rotatable bonds is 7. The van der Waals surface area contributed by atoms with E-state index in [-0.39, 0.29) is 11.8 Å². The molecule has 2 aromatic rings. The van der Waals surface area contributed by atoms with Crippen molar-refractivity contribution < 1.29 is 17.9 Å². The first-order valence-electron chi connectivity index (χ1n) is 8.13. The number of halogens is 1. The molecule has 140 valence electrons. The smallest absolute Gasteiger partial charge is 0.242 e. The van der Waals surface area contributed by atoms with Crippen molar-refractivity contribution in [2.75, 3.05) is 17.8 Å². The van der Waals surface area contributed by atoms with Crippen LogP contribution in [-0.2, 0) is 20.4 Å². The standard InChI is InChI=1S/C19H22ClNO4S/c1-14(2)21(17-7-5-4-6-8-17)19(22)13-26(23,24)12-15-11-16(20)9-10-18(15)25-3/h4-11,14H,12-13H2,1-3H3. The molecule has 0 aliphatic rings. The second-order valence-corrected chi connectivity index (χ2v) is 8.68. The molecule has 1 amide bonds. The first-order chi connectivity index (χ1) is 12.2. The number of carbonyl (C=O) groups excluding carboxylic acids is 1. The predicted octanol–water partition coefficient (Wildman–Crippen LogP) is 3.71. The average Bonchev–Trinajstić information content (AvgIpc) is 2.54. The Morgan fingerprint density at radius 2 is 1.81 bits per heavy atom. The molecule has 5 nitrogen and oxygen atoms in total. The third-order valence-corrected chi connectivity index (χ3v) is 5.45. The van der Waals surface area contributed by atoms with Gasteiger partial charge in [-0.3, -0.25) is 4.79 Å². The summed E-state index contributed by atoms with van der Waals surface area (Å²) in [6.45, 7) is 3.69. The molecule has 0 atom stereocenters. The van der Waals surface area contributed by atoms with E-state index in [4.69, 9.17) is 16.3 Å². The molecule has 0 aliphatic heterocycles. The van der Waals surface area contributed by atoms with Gasteiger partial charge in [-0.25, -0.2) is 8.42 Å². The number of anilines is 1. The number of para-hydroxylation sites is 1. The molecule has 0 fully saturated rings. The maximum Gasteiger partial charge on any atom is 0.242 e. The average molecular weight is 396 g/mol. The summed E-state index contributed by atoms with van der Waals surface area (Å²) in [5.74, 6) is -0.944. The third kappa shape index (κ3) is 5.22. The Balaban J connectivity index is 2.22. The minimum absolute atomic E-state index is 0.166. The number of sulfone groups is 1. The zero-order valence-corrected chi connectivity index (χ0v) is 16.5. The van der Waals surface area contributed by atoms with Gasteiger partial charge in [0.25, 0.3) is 0 Å². The molecular formula is C19H22ClNO4S. The van der Waals surface area contributed by atoms with Gasteiger partial charge in [0, 0.05) is 22.3 Å². The van der Waals surface area contributed by atoms with Crippen molar-refractivity contribution in [3.8, 4) is 5.75 Å². The zero-order chi connectivity index (χ0) is 19.3. The number of nitrogens with zero attached hydrogens (tertiary/aromatic N) is 1.